The fourth-order valence-electron chi connectivity index (χ4n) is 10.7. The Morgan fingerprint density at radius 1 is 0.451 bits per heavy atom. The van der Waals surface area contributed by atoms with E-state index in [2.05, 4.69) is 67.8 Å². The zero-order valence-corrected chi connectivity index (χ0v) is 50.0. The van der Waals surface area contributed by atoms with Gasteiger partial charge in [0.1, 0.15) is 73.2 Å². The molecule has 3 rings (SSSR count). The molecular formula is C63H113NO18. The average molecular weight is 1170 g/mol. The van der Waals surface area contributed by atoms with Crippen LogP contribution in [0.3, 0.4) is 0 Å². The molecule has 3 aliphatic rings. The quantitative estimate of drug-likeness (QED) is 0.0224. The number of nitrogens with one attached hydrogen (secondary N) is 1. The minimum Gasteiger partial charge on any atom is -0.394 e. The average Bonchev–Trinajstić information content (AvgIpc) is 3.59. The molecule has 1 amide bonds. The van der Waals surface area contributed by atoms with Gasteiger partial charge >= 0.3 is 0 Å². The van der Waals surface area contributed by atoms with E-state index in [0.29, 0.717) is 12.8 Å². The van der Waals surface area contributed by atoms with Gasteiger partial charge in [-0.3, -0.25) is 4.79 Å². The molecule has 82 heavy (non-hydrogen) atoms. The number of amides is 1. The molecule has 17 atom stereocenters. The smallest absolute Gasteiger partial charge is 0.220 e. The van der Waals surface area contributed by atoms with Crippen molar-refractivity contribution in [3.8, 4) is 0 Å². The van der Waals surface area contributed by atoms with Crippen LogP contribution in [0.15, 0.2) is 48.6 Å². The maximum absolute atomic E-state index is 13.4. The Morgan fingerprint density at radius 2 is 0.841 bits per heavy atom. The lowest BCUT2D eigenvalue weighted by molar-refractivity contribution is -0.379. The molecule has 3 heterocycles. The van der Waals surface area contributed by atoms with E-state index in [0.717, 1.165) is 77.0 Å². The molecule has 0 aliphatic carbocycles. The van der Waals surface area contributed by atoms with E-state index in [9.17, 15) is 61.0 Å². The number of unbranched alkanes of at least 4 members (excludes halogenated alkanes) is 23. The van der Waals surface area contributed by atoms with Crippen molar-refractivity contribution in [3.05, 3.63) is 48.6 Å². The summed E-state index contributed by atoms with van der Waals surface area (Å²) in [5, 5.41) is 120. The minimum atomic E-state index is -1.97. The predicted molar refractivity (Wildman–Crippen MR) is 314 cm³/mol. The molecule has 3 fully saturated rings. The monoisotopic (exact) mass is 1170 g/mol. The van der Waals surface area contributed by atoms with Crippen molar-refractivity contribution in [3.63, 3.8) is 0 Å². The molecule has 0 radical (unpaired) electrons. The van der Waals surface area contributed by atoms with Crippen molar-refractivity contribution in [2.45, 2.75) is 317 Å². The maximum Gasteiger partial charge on any atom is 0.220 e. The third kappa shape index (κ3) is 29.0. The van der Waals surface area contributed by atoms with E-state index in [-0.39, 0.29) is 18.9 Å². The molecule has 3 saturated heterocycles. The molecule has 478 valence electrons. The molecule has 3 aliphatic heterocycles. The Labute approximate surface area is 491 Å². The van der Waals surface area contributed by atoms with Crippen LogP contribution in [0.1, 0.15) is 213 Å². The minimum absolute atomic E-state index is 0.247. The number of carbonyl (C=O) groups is 1. The number of aliphatic hydroxyl groups is 11. The molecule has 0 saturated carbocycles. The second-order valence-corrected chi connectivity index (χ2v) is 22.8. The van der Waals surface area contributed by atoms with E-state index in [1.807, 2.05) is 0 Å². The highest BCUT2D eigenvalue weighted by molar-refractivity contribution is 5.76. The summed E-state index contributed by atoms with van der Waals surface area (Å²) < 4.78 is 34.3. The first-order valence-corrected chi connectivity index (χ1v) is 31.9. The van der Waals surface area contributed by atoms with Crippen molar-refractivity contribution in [1.29, 1.82) is 0 Å². The van der Waals surface area contributed by atoms with Gasteiger partial charge in [0, 0.05) is 6.42 Å². The van der Waals surface area contributed by atoms with Crippen LogP contribution in [-0.4, -0.2) is 193 Å². The lowest BCUT2D eigenvalue weighted by Gasteiger charge is -2.48. The van der Waals surface area contributed by atoms with Crippen LogP contribution in [0.25, 0.3) is 0 Å². The molecule has 0 aromatic carbocycles. The van der Waals surface area contributed by atoms with Gasteiger partial charge < -0.3 is 89.9 Å². The van der Waals surface area contributed by atoms with Gasteiger partial charge in [0.25, 0.3) is 0 Å². The van der Waals surface area contributed by atoms with E-state index < -0.39 is 124 Å². The third-order valence-electron chi connectivity index (χ3n) is 15.9. The number of carbonyl (C=O) groups excluding carboxylic acids is 1. The summed E-state index contributed by atoms with van der Waals surface area (Å²) in [5.74, 6) is -0.247. The summed E-state index contributed by atoms with van der Waals surface area (Å²) in [6.07, 6.45) is 24.8. The highest BCUT2D eigenvalue weighted by Gasteiger charge is 2.53. The first-order chi connectivity index (χ1) is 39.8. The van der Waals surface area contributed by atoms with Crippen LogP contribution >= 0.6 is 0 Å². The lowest BCUT2D eigenvalue weighted by Crippen LogP contribution is -2.66. The zero-order valence-electron chi connectivity index (χ0n) is 50.0. The summed E-state index contributed by atoms with van der Waals surface area (Å²) >= 11 is 0. The molecular weight excluding hydrogens is 1060 g/mol. The number of allylic oxidation sites excluding steroid dienone is 8. The van der Waals surface area contributed by atoms with Gasteiger partial charge in [-0.05, 0) is 51.4 Å². The Balaban J connectivity index is 1.43. The van der Waals surface area contributed by atoms with Crippen LogP contribution in [0, 0.1) is 0 Å². The van der Waals surface area contributed by atoms with Crippen LogP contribution in [0.2, 0.25) is 0 Å². The van der Waals surface area contributed by atoms with Crippen LogP contribution in [0.5, 0.6) is 0 Å². The van der Waals surface area contributed by atoms with E-state index in [1.165, 1.54) is 103 Å². The predicted octanol–water partition coefficient (Wildman–Crippen LogP) is 6.65. The van der Waals surface area contributed by atoms with Gasteiger partial charge in [0.05, 0.1) is 38.6 Å². The molecule has 17 unspecified atom stereocenters. The molecule has 0 aromatic heterocycles. The summed E-state index contributed by atoms with van der Waals surface area (Å²) in [7, 11) is 0. The third-order valence-corrected chi connectivity index (χ3v) is 15.9. The zero-order chi connectivity index (χ0) is 59.7. The van der Waals surface area contributed by atoms with Crippen molar-refractivity contribution in [1.82, 2.24) is 5.32 Å². The fourth-order valence-corrected chi connectivity index (χ4v) is 10.7. The Kier molecular flexibility index (Phi) is 41.5. The van der Waals surface area contributed by atoms with Gasteiger partial charge in [0.15, 0.2) is 18.9 Å². The van der Waals surface area contributed by atoms with Crippen LogP contribution in [-0.2, 0) is 33.2 Å². The van der Waals surface area contributed by atoms with Crippen molar-refractivity contribution in [2.24, 2.45) is 0 Å². The Morgan fingerprint density at radius 3 is 1.32 bits per heavy atom. The Bertz CT molecular complexity index is 1680. The van der Waals surface area contributed by atoms with Gasteiger partial charge in [-0.1, -0.05) is 204 Å². The number of aliphatic hydroxyl groups excluding tert-OH is 11. The number of ether oxygens (including phenoxy) is 6. The molecule has 0 bridgehead atoms. The summed E-state index contributed by atoms with van der Waals surface area (Å²) in [6.45, 7) is 1.66. The molecule has 0 aromatic rings. The highest BCUT2D eigenvalue weighted by Crippen LogP contribution is 2.33. The van der Waals surface area contributed by atoms with Crippen molar-refractivity contribution < 1.29 is 89.4 Å². The highest BCUT2D eigenvalue weighted by atomic mass is 16.8. The summed E-state index contributed by atoms with van der Waals surface area (Å²) in [5.41, 5.74) is 0. The number of rotatable bonds is 47. The van der Waals surface area contributed by atoms with Crippen LogP contribution in [0.4, 0.5) is 0 Å². The number of hydrogen-bond donors (Lipinski definition) is 12. The van der Waals surface area contributed by atoms with E-state index in [1.54, 1.807) is 0 Å². The van der Waals surface area contributed by atoms with E-state index in [4.69, 9.17) is 28.4 Å². The second-order valence-electron chi connectivity index (χ2n) is 22.8. The molecule has 12 N–H and O–H groups in total. The molecule has 19 heteroatoms. The van der Waals surface area contributed by atoms with E-state index >= 15 is 0 Å². The van der Waals surface area contributed by atoms with Crippen molar-refractivity contribution in [2.75, 3.05) is 26.4 Å². The van der Waals surface area contributed by atoms with Gasteiger partial charge in [0.2, 0.25) is 5.91 Å². The van der Waals surface area contributed by atoms with Gasteiger partial charge in [-0.15, -0.1) is 0 Å². The number of hydrogen-bond acceptors (Lipinski definition) is 18. The topological polar surface area (TPSA) is 307 Å². The SMILES string of the molecule is CC/C=C\C/C=C\C/C=C\C/C=C\CCCCCCCCCCCCCCC(=O)NC(COC1OC(CO)C(OC2OC(CO)C(OC3OC(CO)C(O)C(O)C3O)C(O)C2O)C(O)C1O)C(O)CCCCCCCCCCCCCC. The largest absolute Gasteiger partial charge is 0.394 e. The Hall–Kier alpha value is -2.25. The van der Waals surface area contributed by atoms with Crippen molar-refractivity contribution >= 4 is 5.91 Å². The maximum atomic E-state index is 13.4. The van der Waals surface area contributed by atoms with Gasteiger partial charge in [-0.25, -0.2) is 0 Å². The standard InChI is InChI=1S/C63H113NO18/c1-3-5-7-9-11-13-15-17-18-19-20-21-22-23-24-25-26-27-28-29-31-33-35-37-39-41-51(69)64-46(47(68)40-38-36-34-32-30-16-14-12-10-8-6-4-2)45-77-61-57(75)54(72)59(49(43-66)79-61)82-63-58(76)55(73)60(50(44-67)80-63)81-62-56(74)53(71)52(70)48(42-65)78-62/h5,7,11,13,17-18,20-21,46-50,52-63,65-68,70-76H,3-4,6,8-10,12,14-16,19,22-45H2,1-2H3,(H,64,69)/b7-5-,13-11-,18-17-,21-20-. The summed E-state index contributed by atoms with van der Waals surface area (Å²) in [6, 6.07) is -0.888. The summed E-state index contributed by atoms with van der Waals surface area (Å²) in [4.78, 5) is 13.4. The first kappa shape index (κ1) is 74.0. The fraction of sp³-hybridized carbons (Fsp3) is 0.857. The molecule has 19 nitrogen and oxygen atoms in total. The van der Waals surface area contributed by atoms with Gasteiger partial charge in [-0.2, -0.15) is 0 Å². The normalized spacial score (nSPS) is 29.9. The first-order valence-electron chi connectivity index (χ1n) is 31.9. The van der Waals surface area contributed by atoms with Crippen LogP contribution < -0.4 is 5.32 Å². The molecule has 0 spiro atoms. The second kappa shape index (κ2) is 46.0. The lowest BCUT2D eigenvalue weighted by atomic mass is 9.96.